The molecule has 102 valence electrons. The standard InChI is InChI=1S/C11H13N3O4S/c12-11-9-5-13(6-10(9)11)19(17,18)8-3-1-7(2-4-8)14(15)16/h1-4,9-11H,5-6,12H2. The fourth-order valence-corrected chi connectivity index (χ4v) is 4.13. The van der Waals surface area contributed by atoms with Gasteiger partial charge in [0.2, 0.25) is 10.0 Å². The zero-order chi connectivity index (χ0) is 13.8. The molecule has 2 atom stereocenters. The van der Waals surface area contributed by atoms with Crippen molar-refractivity contribution >= 4 is 15.7 Å². The van der Waals surface area contributed by atoms with E-state index in [0.29, 0.717) is 13.1 Å². The maximum absolute atomic E-state index is 12.3. The molecule has 3 rings (SSSR count). The molecule has 0 bridgehead atoms. The second-order valence-corrected chi connectivity index (χ2v) is 6.92. The van der Waals surface area contributed by atoms with Crippen molar-refractivity contribution < 1.29 is 13.3 Å². The molecule has 1 saturated heterocycles. The van der Waals surface area contributed by atoms with Crippen molar-refractivity contribution in [3.8, 4) is 0 Å². The molecule has 2 unspecified atom stereocenters. The lowest BCUT2D eigenvalue weighted by molar-refractivity contribution is -0.384. The molecular formula is C11H13N3O4S. The number of rotatable bonds is 3. The third kappa shape index (κ3) is 1.92. The van der Waals surface area contributed by atoms with Crippen LogP contribution in [0.2, 0.25) is 0 Å². The highest BCUT2D eigenvalue weighted by Crippen LogP contribution is 2.45. The van der Waals surface area contributed by atoms with E-state index < -0.39 is 14.9 Å². The van der Waals surface area contributed by atoms with Crippen molar-refractivity contribution in [2.75, 3.05) is 13.1 Å². The van der Waals surface area contributed by atoms with Crippen molar-refractivity contribution in [1.29, 1.82) is 0 Å². The second kappa shape index (κ2) is 3.99. The molecule has 1 aromatic rings. The number of nitro benzene ring substituents is 1. The van der Waals surface area contributed by atoms with E-state index in [2.05, 4.69) is 0 Å². The molecule has 0 aromatic heterocycles. The summed E-state index contributed by atoms with van der Waals surface area (Å²) in [6, 6.07) is 5.09. The number of nitrogens with two attached hydrogens (primary N) is 1. The van der Waals surface area contributed by atoms with Gasteiger partial charge in [-0.25, -0.2) is 8.42 Å². The maximum atomic E-state index is 12.3. The third-order valence-corrected chi connectivity index (χ3v) is 5.76. The summed E-state index contributed by atoms with van der Waals surface area (Å²) in [6.07, 6.45) is 0. The molecule has 1 aliphatic heterocycles. The van der Waals surface area contributed by atoms with Gasteiger partial charge < -0.3 is 5.73 Å². The molecule has 1 saturated carbocycles. The van der Waals surface area contributed by atoms with Crippen molar-refractivity contribution in [1.82, 2.24) is 4.31 Å². The summed E-state index contributed by atoms with van der Waals surface area (Å²) in [4.78, 5) is 10.1. The van der Waals surface area contributed by atoms with Gasteiger partial charge in [0.1, 0.15) is 0 Å². The third-order valence-electron chi connectivity index (χ3n) is 3.91. The van der Waals surface area contributed by atoms with E-state index in [1.165, 1.54) is 28.6 Å². The molecule has 1 aromatic carbocycles. The highest BCUT2D eigenvalue weighted by atomic mass is 32.2. The lowest BCUT2D eigenvalue weighted by Crippen LogP contribution is -2.33. The Kier molecular flexibility index (Phi) is 2.63. The fraction of sp³-hybridized carbons (Fsp3) is 0.455. The molecule has 2 N–H and O–H groups in total. The number of nitro groups is 1. The zero-order valence-electron chi connectivity index (χ0n) is 9.97. The number of benzene rings is 1. The summed E-state index contributed by atoms with van der Waals surface area (Å²) in [7, 11) is -3.55. The van der Waals surface area contributed by atoms with Gasteiger partial charge in [0, 0.05) is 31.3 Å². The van der Waals surface area contributed by atoms with E-state index in [4.69, 9.17) is 5.73 Å². The average molecular weight is 283 g/mol. The van der Waals surface area contributed by atoms with Gasteiger partial charge in [-0.05, 0) is 24.0 Å². The number of sulfonamides is 1. The van der Waals surface area contributed by atoms with Crippen molar-refractivity contribution in [3.05, 3.63) is 34.4 Å². The molecular weight excluding hydrogens is 270 g/mol. The number of non-ortho nitro benzene ring substituents is 1. The van der Waals surface area contributed by atoms with Gasteiger partial charge in [0.25, 0.3) is 5.69 Å². The zero-order valence-corrected chi connectivity index (χ0v) is 10.8. The van der Waals surface area contributed by atoms with Crippen molar-refractivity contribution in [3.63, 3.8) is 0 Å². The minimum absolute atomic E-state index is 0.0907. The van der Waals surface area contributed by atoms with Crippen LogP contribution in [0.3, 0.4) is 0 Å². The number of piperidine rings is 1. The van der Waals surface area contributed by atoms with Crippen LogP contribution in [-0.2, 0) is 10.0 Å². The van der Waals surface area contributed by atoms with Crippen LogP contribution in [0.4, 0.5) is 5.69 Å². The molecule has 2 aliphatic rings. The SMILES string of the molecule is NC1C2CN(S(=O)(=O)c3ccc([N+](=O)[O-])cc3)CC12. The number of hydrogen-bond donors (Lipinski definition) is 1. The summed E-state index contributed by atoms with van der Waals surface area (Å²) in [5.41, 5.74) is 5.65. The van der Waals surface area contributed by atoms with Gasteiger partial charge in [-0.15, -0.1) is 0 Å². The molecule has 0 radical (unpaired) electrons. The minimum Gasteiger partial charge on any atom is -0.327 e. The fourth-order valence-electron chi connectivity index (χ4n) is 2.62. The smallest absolute Gasteiger partial charge is 0.269 e. The van der Waals surface area contributed by atoms with E-state index in [1.54, 1.807) is 0 Å². The Bertz CT molecular complexity index is 616. The average Bonchev–Trinajstić information content (AvgIpc) is 2.80. The van der Waals surface area contributed by atoms with Gasteiger partial charge in [-0.1, -0.05) is 0 Å². The summed E-state index contributed by atoms with van der Waals surface area (Å²) < 4.78 is 26.0. The lowest BCUT2D eigenvalue weighted by atomic mass is 10.3. The second-order valence-electron chi connectivity index (χ2n) is 4.98. The van der Waals surface area contributed by atoms with E-state index in [0.717, 1.165) is 0 Å². The molecule has 7 nitrogen and oxygen atoms in total. The molecule has 19 heavy (non-hydrogen) atoms. The summed E-state index contributed by atoms with van der Waals surface area (Å²) >= 11 is 0. The van der Waals surface area contributed by atoms with Crippen LogP contribution >= 0.6 is 0 Å². The first-order valence-corrected chi connectivity index (χ1v) is 7.35. The van der Waals surface area contributed by atoms with Crippen LogP contribution < -0.4 is 5.73 Å². The Balaban J connectivity index is 1.83. The topological polar surface area (TPSA) is 107 Å². The molecule has 2 fully saturated rings. The lowest BCUT2D eigenvalue weighted by Gasteiger charge is -2.18. The molecule has 1 aliphatic carbocycles. The predicted octanol–water partition coefficient (Wildman–Crippen LogP) is 0.172. The van der Waals surface area contributed by atoms with Gasteiger partial charge >= 0.3 is 0 Å². The number of hydrogen-bond acceptors (Lipinski definition) is 5. The molecule has 1 heterocycles. The Hall–Kier alpha value is -1.51. The Morgan fingerprint density at radius 1 is 1.21 bits per heavy atom. The highest BCUT2D eigenvalue weighted by molar-refractivity contribution is 7.89. The number of fused-ring (bicyclic) bond motifs is 1. The normalized spacial score (nSPS) is 30.1. The van der Waals surface area contributed by atoms with E-state index >= 15 is 0 Å². The highest BCUT2D eigenvalue weighted by Gasteiger charge is 2.56. The van der Waals surface area contributed by atoms with Crippen molar-refractivity contribution in [2.45, 2.75) is 10.9 Å². The Morgan fingerprint density at radius 3 is 2.21 bits per heavy atom. The van der Waals surface area contributed by atoms with Crippen LogP contribution in [0, 0.1) is 22.0 Å². The van der Waals surface area contributed by atoms with E-state index in [1.807, 2.05) is 0 Å². The minimum atomic E-state index is -3.55. The first-order chi connectivity index (χ1) is 8.91. The van der Waals surface area contributed by atoms with Crippen molar-refractivity contribution in [2.24, 2.45) is 17.6 Å². The monoisotopic (exact) mass is 283 g/mol. The van der Waals surface area contributed by atoms with Crippen LogP contribution in [0.25, 0.3) is 0 Å². The van der Waals surface area contributed by atoms with Gasteiger partial charge in [-0.3, -0.25) is 10.1 Å². The van der Waals surface area contributed by atoms with Gasteiger partial charge in [0.15, 0.2) is 0 Å². The largest absolute Gasteiger partial charge is 0.327 e. The molecule has 0 spiro atoms. The van der Waals surface area contributed by atoms with Crippen LogP contribution in [-0.4, -0.2) is 36.8 Å². The van der Waals surface area contributed by atoms with Crippen LogP contribution in [0.5, 0.6) is 0 Å². The summed E-state index contributed by atoms with van der Waals surface area (Å²) in [5.74, 6) is 0.542. The molecule has 8 heteroatoms. The Morgan fingerprint density at radius 2 is 1.74 bits per heavy atom. The first kappa shape index (κ1) is 12.5. The quantitative estimate of drug-likeness (QED) is 0.628. The van der Waals surface area contributed by atoms with E-state index in [9.17, 15) is 18.5 Å². The van der Waals surface area contributed by atoms with Crippen LogP contribution in [0.1, 0.15) is 0 Å². The summed E-state index contributed by atoms with van der Waals surface area (Å²) in [6.45, 7) is 0.899. The predicted molar refractivity (Wildman–Crippen MR) is 66.8 cm³/mol. The maximum Gasteiger partial charge on any atom is 0.269 e. The van der Waals surface area contributed by atoms with E-state index in [-0.39, 0.29) is 28.5 Å². The molecule has 0 amide bonds. The van der Waals surface area contributed by atoms with Gasteiger partial charge in [-0.2, -0.15) is 4.31 Å². The number of nitrogens with zero attached hydrogens (tertiary/aromatic N) is 2. The first-order valence-electron chi connectivity index (χ1n) is 5.91. The van der Waals surface area contributed by atoms with Crippen LogP contribution in [0.15, 0.2) is 29.2 Å². The summed E-state index contributed by atoms with van der Waals surface area (Å²) in [5, 5.41) is 10.5. The Labute approximate surface area is 110 Å². The van der Waals surface area contributed by atoms with Gasteiger partial charge in [0.05, 0.1) is 9.82 Å².